The first-order valence-corrected chi connectivity index (χ1v) is 6.75. The Bertz CT molecular complexity index is 470. The Morgan fingerprint density at radius 1 is 1.50 bits per heavy atom. The molecule has 0 aromatic heterocycles. The number of esters is 1. The van der Waals surface area contributed by atoms with Gasteiger partial charge in [-0.05, 0) is 44.3 Å². The number of carbonyl (C=O) groups excluding carboxylic acids is 1. The molecule has 1 saturated carbocycles. The molecule has 4 atom stereocenters. The summed E-state index contributed by atoms with van der Waals surface area (Å²) in [6, 6.07) is 0. The van der Waals surface area contributed by atoms with Gasteiger partial charge in [-0.1, -0.05) is 18.6 Å². The van der Waals surface area contributed by atoms with Crippen molar-refractivity contribution in [2.45, 2.75) is 51.7 Å². The summed E-state index contributed by atoms with van der Waals surface area (Å²) in [5, 5.41) is 10.6. The van der Waals surface area contributed by atoms with Crippen LogP contribution in [0.4, 0.5) is 0 Å². The molecule has 98 valence electrons. The van der Waals surface area contributed by atoms with Crippen LogP contribution in [0.2, 0.25) is 0 Å². The maximum Gasteiger partial charge on any atom is 0.309 e. The molecule has 2 fully saturated rings. The van der Waals surface area contributed by atoms with Crippen LogP contribution in [0.25, 0.3) is 0 Å². The SMILES string of the molecule is CC1=C2C(=CC1)[C@](C)(O)CC[C@H]1[C@H](C)C(=O)O[C@H]21. The van der Waals surface area contributed by atoms with Gasteiger partial charge in [0.25, 0.3) is 0 Å². The summed E-state index contributed by atoms with van der Waals surface area (Å²) in [6.45, 7) is 5.90. The Hall–Kier alpha value is -1.09. The van der Waals surface area contributed by atoms with Gasteiger partial charge in [0.2, 0.25) is 0 Å². The molecule has 1 N–H and O–H groups in total. The molecule has 3 nitrogen and oxygen atoms in total. The molecule has 0 spiro atoms. The zero-order chi connectivity index (χ0) is 13.1. The molecule has 3 rings (SSSR count). The fraction of sp³-hybridized carbons (Fsp3) is 0.667. The molecule has 1 aliphatic heterocycles. The van der Waals surface area contributed by atoms with Gasteiger partial charge in [-0.15, -0.1) is 0 Å². The second-order valence-electron chi connectivity index (χ2n) is 6.14. The van der Waals surface area contributed by atoms with Gasteiger partial charge in [-0.2, -0.15) is 0 Å². The lowest BCUT2D eigenvalue weighted by molar-refractivity contribution is -0.142. The highest BCUT2D eigenvalue weighted by Gasteiger charge is 2.50. The summed E-state index contributed by atoms with van der Waals surface area (Å²) in [7, 11) is 0. The number of rotatable bonds is 0. The minimum Gasteiger partial charge on any atom is -0.457 e. The maximum absolute atomic E-state index is 11.8. The number of hydrogen-bond donors (Lipinski definition) is 1. The number of ether oxygens (including phenoxy) is 1. The molecular formula is C15H20O3. The molecule has 0 amide bonds. The lowest BCUT2D eigenvalue weighted by Crippen LogP contribution is -2.27. The maximum atomic E-state index is 11.8. The van der Waals surface area contributed by atoms with Crippen molar-refractivity contribution in [3.63, 3.8) is 0 Å². The number of allylic oxidation sites excluding steroid dienone is 2. The van der Waals surface area contributed by atoms with E-state index in [-0.39, 0.29) is 23.9 Å². The van der Waals surface area contributed by atoms with E-state index >= 15 is 0 Å². The molecular weight excluding hydrogens is 228 g/mol. The number of hydrogen-bond acceptors (Lipinski definition) is 3. The third kappa shape index (κ3) is 1.50. The zero-order valence-corrected chi connectivity index (χ0v) is 11.2. The first kappa shape index (κ1) is 12.0. The molecule has 2 aliphatic carbocycles. The fourth-order valence-electron chi connectivity index (χ4n) is 3.62. The predicted octanol–water partition coefficient (Wildman–Crippen LogP) is 2.36. The van der Waals surface area contributed by atoms with E-state index in [2.05, 4.69) is 13.0 Å². The molecule has 0 aromatic carbocycles. The van der Waals surface area contributed by atoms with Gasteiger partial charge in [0.1, 0.15) is 6.10 Å². The lowest BCUT2D eigenvalue weighted by Gasteiger charge is -2.25. The smallest absolute Gasteiger partial charge is 0.309 e. The van der Waals surface area contributed by atoms with Crippen molar-refractivity contribution >= 4 is 5.97 Å². The Morgan fingerprint density at radius 3 is 2.94 bits per heavy atom. The monoisotopic (exact) mass is 248 g/mol. The van der Waals surface area contributed by atoms with Gasteiger partial charge in [-0.3, -0.25) is 4.79 Å². The Morgan fingerprint density at radius 2 is 2.22 bits per heavy atom. The molecule has 18 heavy (non-hydrogen) atoms. The van der Waals surface area contributed by atoms with Crippen molar-refractivity contribution in [1.82, 2.24) is 0 Å². The highest BCUT2D eigenvalue weighted by atomic mass is 16.6. The molecule has 3 aliphatic rings. The Kier molecular flexibility index (Phi) is 2.46. The van der Waals surface area contributed by atoms with Crippen LogP contribution in [0.1, 0.15) is 40.0 Å². The summed E-state index contributed by atoms with van der Waals surface area (Å²) in [6.07, 6.45) is 4.39. The van der Waals surface area contributed by atoms with Gasteiger partial charge in [0.15, 0.2) is 0 Å². The Balaban J connectivity index is 2.08. The van der Waals surface area contributed by atoms with Gasteiger partial charge in [-0.25, -0.2) is 0 Å². The first-order valence-electron chi connectivity index (χ1n) is 6.75. The van der Waals surface area contributed by atoms with Crippen molar-refractivity contribution < 1.29 is 14.6 Å². The van der Waals surface area contributed by atoms with E-state index in [0.29, 0.717) is 6.42 Å². The summed E-state index contributed by atoms with van der Waals surface area (Å²) < 4.78 is 5.59. The summed E-state index contributed by atoms with van der Waals surface area (Å²) in [5.74, 6) is 0.0852. The van der Waals surface area contributed by atoms with Gasteiger partial charge >= 0.3 is 5.97 Å². The number of carbonyl (C=O) groups is 1. The molecule has 0 radical (unpaired) electrons. The van der Waals surface area contributed by atoms with Gasteiger partial charge in [0.05, 0.1) is 11.5 Å². The van der Waals surface area contributed by atoms with Crippen LogP contribution in [-0.2, 0) is 9.53 Å². The van der Waals surface area contributed by atoms with E-state index in [0.717, 1.165) is 24.0 Å². The average Bonchev–Trinajstić information content (AvgIpc) is 2.76. The number of fused-ring (bicyclic) bond motifs is 3. The van der Waals surface area contributed by atoms with Gasteiger partial charge < -0.3 is 9.84 Å². The van der Waals surface area contributed by atoms with E-state index < -0.39 is 5.60 Å². The first-order chi connectivity index (χ1) is 8.42. The van der Waals surface area contributed by atoms with Crippen molar-refractivity contribution in [2.75, 3.05) is 0 Å². The summed E-state index contributed by atoms with van der Waals surface area (Å²) in [5.41, 5.74) is 2.56. The summed E-state index contributed by atoms with van der Waals surface area (Å²) in [4.78, 5) is 11.8. The standard InChI is InChI=1S/C15H20O3/c1-8-4-5-11-12(8)13-10(6-7-15(11,3)17)9(2)14(16)18-13/h5,9-10,13,17H,4,6-7H2,1-3H3/t9-,10-,13-,15+/m0/s1. The third-order valence-electron chi connectivity index (χ3n) is 4.84. The second kappa shape index (κ2) is 3.70. The Labute approximate surface area is 108 Å². The molecule has 1 heterocycles. The quantitative estimate of drug-likeness (QED) is 0.669. The van der Waals surface area contributed by atoms with E-state index in [1.807, 2.05) is 13.8 Å². The third-order valence-corrected chi connectivity index (χ3v) is 4.84. The normalized spacial score (nSPS) is 43.2. The van der Waals surface area contributed by atoms with E-state index in [4.69, 9.17) is 4.74 Å². The van der Waals surface area contributed by atoms with Crippen molar-refractivity contribution in [1.29, 1.82) is 0 Å². The fourth-order valence-corrected chi connectivity index (χ4v) is 3.62. The molecule has 3 heteroatoms. The van der Waals surface area contributed by atoms with Crippen molar-refractivity contribution in [2.24, 2.45) is 11.8 Å². The zero-order valence-electron chi connectivity index (χ0n) is 11.2. The van der Waals surface area contributed by atoms with E-state index in [1.54, 1.807) is 0 Å². The minimum absolute atomic E-state index is 0.0500. The van der Waals surface area contributed by atoms with Crippen LogP contribution in [0.3, 0.4) is 0 Å². The largest absolute Gasteiger partial charge is 0.457 e. The molecule has 1 saturated heterocycles. The molecule has 0 unspecified atom stereocenters. The lowest BCUT2D eigenvalue weighted by atomic mass is 9.85. The van der Waals surface area contributed by atoms with Crippen LogP contribution in [0, 0.1) is 11.8 Å². The predicted molar refractivity (Wildman–Crippen MR) is 67.8 cm³/mol. The van der Waals surface area contributed by atoms with Crippen LogP contribution in [-0.4, -0.2) is 22.8 Å². The van der Waals surface area contributed by atoms with Crippen LogP contribution >= 0.6 is 0 Å². The van der Waals surface area contributed by atoms with E-state index in [9.17, 15) is 9.90 Å². The average molecular weight is 248 g/mol. The summed E-state index contributed by atoms with van der Waals surface area (Å²) >= 11 is 0. The second-order valence-corrected chi connectivity index (χ2v) is 6.14. The van der Waals surface area contributed by atoms with Crippen molar-refractivity contribution in [3.05, 3.63) is 22.8 Å². The topological polar surface area (TPSA) is 46.5 Å². The van der Waals surface area contributed by atoms with Crippen LogP contribution < -0.4 is 0 Å². The highest BCUT2D eigenvalue weighted by Crippen LogP contribution is 2.49. The number of aliphatic hydroxyl groups is 1. The van der Waals surface area contributed by atoms with Crippen molar-refractivity contribution in [3.8, 4) is 0 Å². The van der Waals surface area contributed by atoms with E-state index in [1.165, 1.54) is 5.57 Å². The molecule has 0 bridgehead atoms. The molecule has 0 aromatic rings. The van der Waals surface area contributed by atoms with Crippen LogP contribution in [0.5, 0.6) is 0 Å². The van der Waals surface area contributed by atoms with Gasteiger partial charge in [0, 0.05) is 5.92 Å². The minimum atomic E-state index is -0.774. The highest BCUT2D eigenvalue weighted by molar-refractivity contribution is 5.76. The van der Waals surface area contributed by atoms with Crippen LogP contribution in [0.15, 0.2) is 22.8 Å².